The molecule has 6 heteroatoms. The Balaban J connectivity index is 0.00000259. The molecule has 1 N–H and O–H groups in total. The highest BCUT2D eigenvalue weighted by molar-refractivity contribution is 5.85. The lowest BCUT2D eigenvalue weighted by molar-refractivity contribution is -0.139. The predicted octanol–water partition coefficient (Wildman–Crippen LogP) is 3.93. The van der Waals surface area contributed by atoms with E-state index in [0.717, 1.165) is 64.3 Å². The Morgan fingerprint density at radius 1 is 0.970 bits per heavy atom. The van der Waals surface area contributed by atoms with Gasteiger partial charge in [0.1, 0.15) is 5.75 Å². The molecule has 3 saturated heterocycles. The molecule has 1 amide bonds. The molecule has 0 aromatic heterocycles. The first-order chi connectivity index (χ1) is 15.7. The highest BCUT2D eigenvalue weighted by atomic mass is 35.5. The molecule has 5 rings (SSSR count). The van der Waals surface area contributed by atoms with Gasteiger partial charge in [-0.3, -0.25) is 4.79 Å². The van der Waals surface area contributed by atoms with Gasteiger partial charge in [0, 0.05) is 32.1 Å². The molecule has 178 valence electrons. The molecule has 0 radical (unpaired) electrons. The minimum absolute atomic E-state index is 0. The first-order valence-electron chi connectivity index (χ1n) is 12.1. The van der Waals surface area contributed by atoms with Crippen molar-refractivity contribution in [3.05, 3.63) is 65.7 Å². The van der Waals surface area contributed by atoms with E-state index in [4.69, 9.17) is 4.74 Å². The van der Waals surface area contributed by atoms with E-state index in [1.165, 1.54) is 11.1 Å². The molecular formula is C27H36ClN3O2. The van der Waals surface area contributed by atoms with Crippen LogP contribution in [0.5, 0.6) is 5.75 Å². The number of rotatable bonds is 6. The molecular weight excluding hydrogens is 434 g/mol. The fourth-order valence-corrected chi connectivity index (χ4v) is 5.97. The summed E-state index contributed by atoms with van der Waals surface area (Å²) in [5.74, 6) is 2.48. The normalized spacial score (nSPS) is 24.8. The van der Waals surface area contributed by atoms with Crippen molar-refractivity contribution in [2.45, 2.75) is 31.7 Å². The number of benzene rings is 2. The summed E-state index contributed by atoms with van der Waals surface area (Å²) in [7, 11) is 1.68. The smallest absolute Gasteiger partial charge is 0.229 e. The van der Waals surface area contributed by atoms with Crippen molar-refractivity contribution in [2.24, 2.45) is 11.3 Å². The number of halogens is 1. The predicted molar refractivity (Wildman–Crippen MR) is 134 cm³/mol. The van der Waals surface area contributed by atoms with Crippen LogP contribution in [0, 0.1) is 11.3 Å². The van der Waals surface area contributed by atoms with Crippen molar-refractivity contribution in [3.8, 4) is 5.75 Å². The number of hydrogen-bond donors (Lipinski definition) is 1. The second-order valence-corrected chi connectivity index (χ2v) is 9.84. The molecule has 2 aromatic carbocycles. The van der Waals surface area contributed by atoms with Gasteiger partial charge in [-0.1, -0.05) is 42.5 Å². The fourth-order valence-electron chi connectivity index (χ4n) is 5.97. The molecule has 2 aromatic rings. The minimum Gasteiger partial charge on any atom is -0.497 e. The third kappa shape index (κ3) is 5.06. The van der Waals surface area contributed by atoms with Crippen LogP contribution in [0.4, 0.5) is 0 Å². The lowest BCUT2D eigenvalue weighted by atomic mass is 9.76. The Hall–Kier alpha value is -2.08. The van der Waals surface area contributed by atoms with E-state index in [0.29, 0.717) is 24.3 Å². The van der Waals surface area contributed by atoms with Crippen LogP contribution in [0.3, 0.4) is 0 Å². The van der Waals surface area contributed by atoms with Crippen molar-refractivity contribution in [1.29, 1.82) is 0 Å². The Bertz CT molecular complexity index is 913. The maximum atomic E-state index is 13.4. The van der Waals surface area contributed by atoms with E-state index in [1.54, 1.807) is 7.11 Å². The van der Waals surface area contributed by atoms with Gasteiger partial charge in [0.2, 0.25) is 5.91 Å². The molecule has 3 fully saturated rings. The summed E-state index contributed by atoms with van der Waals surface area (Å²) in [6, 6.07) is 19.0. The summed E-state index contributed by atoms with van der Waals surface area (Å²) >= 11 is 0. The van der Waals surface area contributed by atoms with E-state index in [9.17, 15) is 4.79 Å². The number of ether oxygens (including phenoxy) is 1. The van der Waals surface area contributed by atoms with Gasteiger partial charge in [-0.2, -0.15) is 0 Å². The number of piperidine rings is 1. The number of nitrogens with one attached hydrogen (secondary N) is 1. The molecule has 0 aliphatic carbocycles. The van der Waals surface area contributed by atoms with E-state index < -0.39 is 0 Å². The first-order valence-corrected chi connectivity index (χ1v) is 12.1. The number of amides is 1. The maximum Gasteiger partial charge on any atom is 0.229 e. The Labute approximate surface area is 203 Å². The summed E-state index contributed by atoms with van der Waals surface area (Å²) in [5, 5.41) is 3.61. The Morgan fingerprint density at radius 3 is 2.36 bits per heavy atom. The fraction of sp³-hybridized carbons (Fsp3) is 0.519. The van der Waals surface area contributed by atoms with E-state index in [2.05, 4.69) is 57.6 Å². The SMILES string of the molecule is COc1ccc(CN2CCC3(CCN(C[C@@H]4CNC[C@@H]4c4ccccc4)CC3)C2=O)cc1.Cl. The quantitative estimate of drug-likeness (QED) is 0.696. The summed E-state index contributed by atoms with van der Waals surface area (Å²) in [6.45, 7) is 6.97. The number of hydrogen-bond acceptors (Lipinski definition) is 4. The van der Waals surface area contributed by atoms with Crippen LogP contribution in [-0.2, 0) is 11.3 Å². The van der Waals surface area contributed by atoms with Crippen molar-refractivity contribution in [3.63, 3.8) is 0 Å². The van der Waals surface area contributed by atoms with Crippen molar-refractivity contribution >= 4 is 18.3 Å². The number of likely N-dealkylation sites (tertiary alicyclic amines) is 2. The number of methoxy groups -OCH3 is 1. The van der Waals surface area contributed by atoms with Gasteiger partial charge >= 0.3 is 0 Å². The highest BCUT2D eigenvalue weighted by Crippen LogP contribution is 2.42. The van der Waals surface area contributed by atoms with Crippen LogP contribution in [-0.4, -0.2) is 62.1 Å². The molecule has 1 spiro atoms. The molecule has 33 heavy (non-hydrogen) atoms. The van der Waals surface area contributed by atoms with Gasteiger partial charge in [-0.25, -0.2) is 0 Å². The first kappa shape index (κ1) is 24.1. The van der Waals surface area contributed by atoms with Crippen molar-refractivity contribution in [2.75, 3.05) is 46.4 Å². The lowest BCUT2D eigenvalue weighted by Crippen LogP contribution is -2.46. The topological polar surface area (TPSA) is 44.8 Å². The van der Waals surface area contributed by atoms with Crippen LogP contribution >= 0.6 is 12.4 Å². The average Bonchev–Trinajstić information content (AvgIpc) is 3.42. The lowest BCUT2D eigenvalue weighted by Gasteiger charge is -2.39. The van der Waals surface area contributed by atoms with E-state index >= 15 is 0 Å². The van der Waals surface area contributed by atoms with Crippen LogP contribution in [0.25, 0.3) is 0 Å². The molecule has 0 unspecified atom stereocenters. The van der Waals surface area contributed by atoms with Gasteiger partial charge in [-0.05, 0) is 68.1 Å². The molecule has 3 heterocycles. The zero-order chi connectivity index (χ0) is 22.0. The highest BCUT2D eigenvalue weighted by Gasteiger charge is 2.48. The molecule has 5 nitrogen and oxygen atoms in total. The van der Waals surface area contributed by atoms with Gasteiger partial charge < -0.3 is 19.9 Å². The molecule has 3 aliphatic heterocycles. The molecule has 2 atom stereocenters. The van der Waals surface area contributed by atoms with Crippen LogP contribution in [0.2, 0.25) is 0 Å². The Morgan fingerprint density at radius 2 is 1.67 bits per heavy atom. The molecule has 0 bridgehead atoms. The van der Waals surface area contributed by atoms with Crippen molar-refractivity contribution < 1.29 is 9.53 Å². The summed E-state index contributed by atoms with van der Waals surface area (Å²) in [5.41, 5.74) is 2.50. The standard InChI is InChI=1S/C27H35N3O2.ClH/c1-32-24-9-7-21(8-10-24)19-30-16-13-27(26(30)31)11-14-29(15-12-27)20-23-17-28-18-25(23)22-5-3-2-4-6-22;/h2-10,23,25,28H,11-20H2,1H3;1H/t23-,25+;/m0./s1. The van der Waals surface area contributed by atoms with Crippen LogP contribution < -0.4 is 10.1 Å². The van der Waals surface area contributed by atoms with Crippen LogP contribution in [0.1, 0.15) is 36.3 Å². The zero-order valence-corrected chi connectivity index (χ0v) is 20.4. The van der Waals surface area contributed by atoms with E-state index in [-0.39, 0.29) is 17.8 Å². The summed E-state index contributed by atoms with van der Waals surface area (Å²) in [6.07, 6.45) is 3.01. The van der Waals surface area contributed by atoms with Gasteiger partial charge in [-0.15, -0.1) is 12.4 Å². The third-order valence-corrected chi connectivity index (χ3v) is 8.01. The monoisotopic (exact) mass is 469 g/mol. The number of nitrogens with zero attached hydrogens (tertiary/aromatic N) is 2. The molecule has 0 saturated carbocycles. The van der Waals surface area contributed by atoms with Crippen molar-refractivity contribution in [1.82, 2.24) is 15.1 Å². The Kier molecular flexibility index (Phi) is 7.62. The minimum atomic E-state index is -0.129. The summed E-state index contributed by atoms with van der Waals surface area (Å²) in [4.78, 5) is 18.1. The number of carbonyl (C=O) groups excluding carboxylic acids is 1. The van der Waals surface area contributed by atoms with Gasteiger partial charge in [0.25, 0.3) is 0 Å². The maximum absolute atomic E-state index is 13.4. The van der Waals surface area contributed by atoms with Crippen LogP contribution in [0.15, 0.2) is 54.6 Å². The second-order valence-electron chi connectivity index (χ2n) is 9.84. The second kappa shape index (κ2) is 10.5. The van der Waals surface area contributed by atoms with Gasteiger partial charge in [0.15, 0.2) is 0 Å². The number of carbonyl (C=O) groups is 1. The average molecular weight is 470 g/mol. The largest absolute Gasteiger partial charge is 0.497 e. The summed E-state index contributed by atoms with van der Waals surface area (Å²) < 4.78 is 5.25. The van der Waals surface area contributed by atoms with E-state index in [1.807, 2.05) is 12.1 Å². The molecule has 3 aliphatic rings. The zero-order valence-electron chi connectivity index (χ0n) is 19.5. The third-order valence-electron chi connectivity index (χ3n) is 8.01. The van der Waals surface area contributed by atoms with Gasteiger partial charge in [0.05, 0.1) is 12.5 Å².